The summed E-state index contributed by atoms with van der Waals surface area (Å²) in [5.41, 5.74) is 0.981. The molecule has 1 aromatic heterocycles. The average molecular weight is 317 g/mol. The summed E-state index contributed by atoms with van der Waals surface area (Å²) in [5, 5.41) is 0. The van der Waals surface area contributed by atoms with Crippen LogP contribution in [0.2, 0.25) is 0 Å². The zero-order chi connectivity index (χ0) is 16.2. The van der Waals surface area contributed by atoms with Gasteiger partial charge in [0, 0.05) is 38.1 Å². The normalized spacial score (nSPS) is 21.3. The second-order valence-electron chi connectivity index (χ2n) is 6.58. The largest absolute Gasteiger partial charge is 0.340 e. The van der Waals surface area contributed by atoms with Crippen molar-refractivity contribution in [2.45, 2.75) is 39.2 Å². The van der Waals surface area contributed by atoms with Crippen LogP contribution in [0.15, 0.2) is 12.3 Å². The van der Waals surface area contributed by atoms with Crippen molar-refractivity contribution < 1.29 is 4.79 Å². The Kier molecular flexibility index (Phi) is 5.10. The minimum absolute atomic E-state index is 0.0132. The summed E-state index contributed by atoms with van der Waals surface area (Å²) in [4.78, 5) is 28.2. The number of rotatable bonds is 3. The molecule has 0 N–H and O–H groups in total. The zero-order valence-corrected chi connectivity index (χ0v) is 14.2. The Labute approximate surface area is 138 Å². The molecular formula is C17H27N5O. The molecule has 6 nitrogen and oxygen atoms in total. The third-order valence-corrected chi connectivity index (χ3v) is 4.92. The van der Waals surface area contributed by atoms with Gasteiger partial charge in [0.2, 0.25) is 11.9 Å². The maximum Gasteiger partial charge on any atom is 0.239 e. The lowest BCUT2D eigenvalue weighted by atomic mass is 10.2. The standard InChI is InChI=1S/C17H27N5O/c1-14-6-7-18-17(19-14)22-11-5-10-21(12-13-22)16(23)15(2)20-8-3-4-9-20/h6-7,15H,3-5,8-13H2,1-2H3. The van der Waals surface area contributed by atoms with Gasteiger partial charge in [0.05, 0.1) is 6.04 Å². The second kappa shape index (κ2) is 7.25. The first-order chi connectivity index (χ1) is 11.1. The number of hydrogen-bond acceptors (Lipinski definition) is 5. The highest BCUT2D eigenvalue weighted by atomic mass is 16.2. The number of carbonyl (C=O) groups excluding carboxylic acids is 1. The maximum atomic E-state index is 12.8. The van der Waals surface area contributed by atoms with Crippen molar-refractivity contribution in [1.29, 1.82) is 0 Å². The van der Waals surface area contributed by atoms with Gasteiger partial charge < -0.3 is 9.80 Å². The van der Waals surface area contributed by atoms with E-state index in [9.17, 15) is 4.79 Å². The molecular weight excluding hydrogens is 290 g/mol. The molecule has 2 fully saturated rings. The molecule has 6 heteroatoms. The number of hydrogen-bond donors (Lipinski definition) is 0. The van der Waals surface area contributed by atoms with Crippen molar-refractivity contribution >= 4 is 11.9 Å². The number of nitrogens with zero attached hydrogens (tertiary/aromatic N) is 5. The maximum absolute atomic E-state index is 12.8. The molecule has 1 atom stereocenters. The van der Waals surface area contributed by atoms with Crippen LogP contribution in [0.5, 0.6) is 0 Å². The summed E-state index contributed by atoms with van der Waals surface area (Å²) in [6.45, 7) is 9.46. The van der Waals surface area contributed by atoms with Gasteiger partial charge in [-0.25, -0.2) is 9.97 Å². The molecule has 3 heterocycles. The minimum Gasteiger partial charge on any atom is -0.340 e. The van der Waals surface area contributed by atoms with Crippen LogP contribution in [-0.2, 0) is 4.79 Å². The van der Waals surface area contributed by atoms with Crippen LogP contribution in [-0.4, -0.2) is 71.0 Å². The summed E-state index contributed by atoms with van der Waals surface area (Å²) >= 11 is 0. The van der Waals surface area contributed by atoms with Crippen LogP contribution in [0, 0.1) is 6.92 Å². The molecule has 3 rings (SSSR count). The second-order valence-corrected chi connectivity index (χ2v) is 6.58. The Balaban J connectivity index is 1.60. The predicted molar refractivity (Wildman–Crippen MR) is 90.4 cm³/mol. The first kappa shape index (κ1) is 16.2. The predicted octanol–water partition coefficient (Wildman–Crippen LogP) is 1.31. The van der Waals surface area contributed by atoms with Crippen LogP contribution < -0.4 is 4.90 Å². The Bertz CT molecular complexity index is 544. The molecule has 2 aliphatic rings. The van der Waals surface area contributed by atoms with Crippen LogP contribution in [0.4, 0.5) is 5.95 Å². The van der Waals surface area contributed by atoms with Gasteiger partial charge in [-0.05, 0) is 52.3 Å². The van der Waals surface area contributed by atoms with E-state index >= 15 is 0 Å². The van der Waals surface area contributed by atoms with Gasteiger partial charge in [0.25, 0.3) is 0 Å². The van der Waals surface area contributed by atoms with Crippen LogP contribution in [0.1, 0.15) is 31.9 Å². The van der Waals surface area contributed by atoms with Crippen molar-refractivity contribution in [3.63, 3.8) is 0 Å². The fourth-order valence-corrected chi connectivity index (χ4v) is 3.48. The first-order valence-corrected chi connectivity index (χ1v) is 8.72. The molecule has 1 unspecified atom stereocenters. The number of likely N-dealkylation sites (tertiary alicyclic amines) is 1. The highest BCUT2D eigenvalue weighted by molar-refractivity contribution is 5.81. The van der Waals surface area contributed by atoms with E-state index in [1.165, 1.54) is 12.8 Å². The smallest absolute Gasteiger partial charge is 0.239 e. The molecule has 0 bridgehead atoms. The molecule has 2 saturated heterocycles. The van der Waals surface area contributed by atoms with Crippen LogP contribution in [0.25, 0.3) is 0 Å². The van der Waals surface area contributed by atoms with Gasteiger partial charge in [0.1, 0.15) is 0 Å². The van der Waals surface area contributed by atoms with E-state index in [-0.39, 0.29) is 11.9 Å². The van der Waals surface area contributed by atoms with Crippen molar-refractivity contribution in [3.8, 4) is 0 Å². The number of aryl methyl sites for hydroxylation is 1. The van der Waals surface area contributed by atoms with E-state index in [1.54, 1.807) is 6.20 Å². The van der Waals surface area contributed by atoms with Gasteiger partial charge in [0.15, 0.2) is 0 Å². The van der Waals surface area contributed by atoms with Crippen molar-refractivity contribution in [1.82, 2.24) is 19.8 Å². The quantitative estimate of drug-likeness (QED) is 0.841. The third kappa shape index (κ3) is 3.80. The Hall–Kier alpha value is -1.69. The lowest BCUT2D eigenvalue weighted by Crippen LogP contribution is -2.47. The Morgan fingerprint density at radius 3 is 2.61 bits per heavy atom. The third-order valence-electron chi connectivity index (χ3n) is 4.92. The van der Waals surface area contributed by atoms with Gasteiger partial charge >= 0.3 is 0 Å². The molecule has 0 aromatic carbocycles. The zero-order valence-electron chi connectivity index (χ0n) is 14.2. The van der Waals surface area contributed by atoms with Gasteiger partial charge in [-0.3, -0.25) is 9.69 Å². The molecule has 126 valence electrons. The van der Waals surface area contributed by atoms with Crippen LogP contribution >= 0.6 is 0 Å². The summed E-state index contributed by atoms with van der Waals surface area (Å²) in [5.74, 6) is 1.06. The van der Waals surface area contributed by atoms with Crippen molar-refractivity contribution in [2.75, 3.05) is 44.2 Å². The van der Waals surface area contributed by atoms with E-state index in [2.05, 4.69) is 26.7 Å². The lowest BCUT2D eigenvalue weighted by Gasteiger charge is -2.29. The summed E-state index contributed by atoms with van der Waals surface area (Å²) in [6.07, 6.45) is 5.21. The summed E-state index contributed by atoms with van der Waals surface area (Å²) < 4.78 is 0. The number of carbonyl (C=O) groups is 1. The molecule has 1 amide bonds. The van der Waals surface area contributed by atoms with Crippen LogP contribution in [0.3, 0.4) is 0 Å². The molecule has 1 aromatic rings. The molecule has 0 saturated carbocycles. The Morgan fingerprint density at radius 1 is 1.09 bits per heavy atom. The first-order valence-electron chi connectivity index (χ1n) is 8.72. The van der Waals surface area contributed by atoms with E-state index < -0.39 is 0 Å². The van der Waals surface area contributed by atoms with Crippen molar-refractivity contribution in [2.24, 2.45) is 0 Å². The van der Waals surface area contributed by atoms with E-state index in [0.717, 1.165) is 57.3 Å². The van der Waals surface area contributed by atoms with Gasteiger partial charge in [-0.15, -0.1) is 0 Å². The molecule has 0 aliphatic carbocycles. The summed E-state index contributed by atoms with van der Waals surface area (Å²) in [7, 11) is 0. The minimum atomic E-state index is 0.0132. The molecule has 23 heavy (non-hydrogen) atoms. The van der Waals surface area contributed by atoms with Gasteiger partial charge in [-0.1, -0.05) is 0 Å². The summed E-state index contributed by atoms with van der Waals surface area (Å²) in [6, 6.07) is 1.92. The highest BCUT2D eigenvalue weighted by Gasteiger charge is 2.29. The molecule has 2 aliphatic heterocycles. The lowest BCUT2D eigenvalue weighted by molar-refractivity contribution is -0.135. The fraction of sp³-hybridized carbons (Fsp3) is 0.706. The molecule has 0 radical (unpaired) electrons. The van der Waals surface area contributed by atoms with Crippen molar-refractivity contribution in [3.05, 3.63) is 18.0 Å². The fourth-order valence-electron chi connectivity index (χ4n) is 3.48. The number of anilines is 1. The average Bonchev–Trinajstić information content (AvgIpc) is 2.98. The number of aromatic nitrogens is 2. The van der Waals surface area contributed by atoms with E-state index in [4.69, 9.17) is 0 Å². The van der Waals surface area contributed by atoms with E-state index in [1.807, 2.05) is 17.9 Å². The Morgan fingerprint density at radius 2 is 1.87 bits per heavy atom. The monoisotopic (exact) mass is 317 g/mol. The van der Waals surface area contributed by atoms with E-state index in [0.29, 0.717) is 0 Å². The molecule has 0 spiro atoms. The topological polar surface area (TPSA) is 52.6 Å². The number of amides is 1. The highest BCUT2D eigenvalue weighted by Crippen LogP contribution is 2.16. The SMILES string of the molecule is Cc1ccnc(N2CCCN(C(=O)C(C)N3CCCC3)CC2)n1. The van der Waals surface area contributed by atoms with Gasteiger partial charge in [-0.2, -0.15) is 0 Å².